The summed E-state index contributed by atoms with van der Waals surface area (Å²) < 4.78 is 25.9. The highest BCUT2D eigenvalue weighted by atomic mass is 32.2. The molecule has 0 aliphatic heterocycles. The van der Waals surface area contributed by atoms with Gasteiger partial charge < -0.3 is 0 Å². The van der Waals surface area contributed by atoms with Gasteiger partial charge in [0.25, 0.3) is 0 Å². The highest BCUT2D eigenvalue weighted by Gasteiger charge is 2.29. The molecule has 17 heavy (non-hydrogen) atoms. The van der Waals surface area contributed by atoms with E-state index in [2.05, 4.69) is 0 Å². The smallest absolute Gasteiger partial charge is 0.239 e. The number of fused-ring (bicyclic) bond motifs is 1. The molecule has 0 radical (unpaired) electrons. The summed E-state index contributed by atoms with van der Waals surface area (Å²) in [6.45, 7) is 2.00. The van der Waals surface area contributed by atoms with E-state index in [1.807, 2.05) is 31.2 Å². The zero-order chi connectivity index (χ0) is 12.0. The van der Waals surface area contributed by atoms with Gasteiger partial charge in [0, 0.05) is 11.6 Å². The molecule has 1 aromatic heterocycles. The second kappa shape index (κ2) is 3.60. The summed E-state index contributed by atoms with van der Waals surface area (Å²) in [5, 5.41) is 1.02. The average molecular weight is 249 g/mol. The number of hydrogen-bond acceptors (Lipinski definition) is 2. The monoisotopic (exact) mass is 249 g/mol. The Bertz CT molecular complexity index is 666. The quantitative estimate of drug-likeness (QED) is 0.838. The van der Waals surface area contributed by atoms with Crippen LogP contribution in [-0.4, -0.2) is 18.1 Å². The van der Waals surface area contributed by atoms with E-state index < -0.39 is 10.0 Å². The zero-order valence-electron chi connectivity index (χ0n) is 9.76. The van der Waals surface area contributed by atoms with Crippen LogP contribution in [0.3, 0.4) is 0 Å². The molecule has 0 saturated heterocycles. The largest absolute Gasteiger partial charge is 0.245 e. The molecular formula is C13H15NO2S. The van der Waals surface area contributed by atoms with E-state index >= 15 is 0 Å². The second-order valence-electron chi connectivity index (χ2n) is 4.84. The van der Waals surface area contributed by atoms with Crippen LogP contribution >= 0.6 is 0 Å². The number of aromatic nitrogens is 1. The van der Waals surface area contributed by atoms with E-state index in [-0.39, 0.29) is 5.75 Å². The summed E-state index contributed by atoms with van der Waals surface area (Å²) in [6, 6.07) is 7.66. The lowest BCUT2D eigenvalue weighted by atomic mass is 10.1. The first kappa shape index (κ1) is 10.8. The maximum absolute atomic E-state index is 12.2. The lowest BCUT2D eigenvalue weighted by Gasteiger charge is -2.06. The maximum atomic E-state index is 12.2. The highest BCUT2D eigenvalue weighted by molar-refractivity contribution is 7.90. The maximum Gasteiger partial charge on any atom is 0.239 e. The Morgan fingerprint density at radius 1 is 1.29 bits per heavy atom. The molecular weight excluding hydrogens is 234 g/mol. The van der Waals surface area contributed by atoms with E-state index in [1.165, 1.54) is 3.97 Å². The fraction of sp³-hybridized carbons (Fsp3) is 0.385. The van der Waals surface area contributed by atoms with Gasteiger partial charge in [-0.05, 0) is 43.4 Å². The molecule has 2 aromatic rings. The van der Waals surface area contributed by atoms with Gasteiger partial charge in [0.1, 0.15) is 0 Å². The molecule has 1 fully saturated rings. The average Bonchev–Trinajstić information content (AvgIpc) is 2.94. The summed E-state index contributed by atoms with van der Waals surface area (Å²) >= 11 is 0. The second-order valence-corrected chi connectivity index (χ2v) is 6.73. The summed E-state index contributed by atoms with van der Waals surface area (Å²) in [4.78, 5) is 0. The molecule has 1 saturated carbocycles. The third kappa shape index (κ3) is 1.86. The van der Waals surface area contributed by atoms with Crippen molar-refractivity contribution in [1.29, 1.82) is 0 Å². The first-order chi connectivity index (χ1) is 8.08. The Hall–Kier alpha value is -1.29. The molecule has 0 bridgehead atoms. The molecule has 0 amide bonds. The van der Waals surface area contributed by atoms with Crippen molar-refractivity contribution in [1.82, 2.24) is 3.97 Å². The minimum Gasteiger partial charge on any atom is -0.245 e. The van der Waals surface area contributed by atoms with Gasteiger partial charge in [-0.2, -0.15) is 0 Å². The van der Waals surface area contributed by atoms with Crippen molar-refractivity contribution >= 4 is 20.9 Å². The number of rotatable bonds is 3. The standard InChI is InChI=1S/C13H15NO2S/c1-10-3-2-4-13-12(10)7-8-14(13)17(15,16)9-11-5-6-11/h2-4,7-8,11H,5-6,9H2,1H3. The van der Waals surface area contributed by atoms with Gasteiger partial charge in [0.2, 0.25) is 10.0 Å². The van der Waals surface area contributed by atoms with Crippen LogP contribution in [0.2, 0.25) is 0 Å². The molecule has 0 spiro atoms. The van der Waals surface area contributed by atoms with Crippen LogP contribution in [0.4, 0.5) is 0 Å². The molecule has 1 aliphatic rings. The van der Waals surface area contributed by atoms with E-state index in [0.29, 0.717) is 5.92 Å². The third-order valence-corrected chi connectivity index (χ3v) is 5.17. The Balaban J connectivity index is 2.14. The number of benzene rings is 1. The van der Waals surface area contributed by atoms with Crippen molar-refractivity contribution in [3.63, 3.8) is 0 Å². The van der Waals surface area contributed by atoms with E-state index in [9.17, 15) is 8.42 Å². The molecule has 0 unspecified atom stereocenters. The van der Waals surface area contributed by atoms with Gasteiger partial charge in [-0.15, -0.1) is 0 Å². The fourth-order valence-corrected chi connectivity index (χ4v) is 4.00. The SMILES string of the molecule is Cc1cccc2c1ccn2S(=O)(=O)CC1CC1. The topological polar surface area (TPSA) is 39.1 Å². The van der Waals surface area contributed by atoms with Crippen LogP contribution in [0.1, 0.15) is 18.4 Å². The normalized spacial score (nSPS) is 16.5. The number of hydrogen-bond donors (Lipinski definition) is 0. The minimum absolute atomic E-state index is 0.282. The van der Waals surface area contributed by atoms with Crippen LogP contribution in [0, 0.1) is 12.8 Å². The summed E-state index contributed by atoms with van der Waals surface area (Å²) in [5.41, 5.74) is 1.91. The van der Waals surface area contributed by atoms with Crippen molar-refractivity contribution in [2.75, 3.05) is 5.75 Å². The van der Waals surface area contributed by atoms with Gasteiger partial charge in [0.15, 0.2) is 0 Å². The van der Waals surface area contributed by atoms with Gasteiger partial charge in [-0.25, -0.2) is 12.4 Å². The van der Waals surface area contributed by atoms with Gasteiger partial charge >= 0.3 is 0 Å². The molecule has 0 N–H and O–H groups in total. The Morgan fingerprint density at radius 2 is 2.06 bits per heavy atom. The predicted molar refractivity (Wildman–Crippen MR) is 68.6 cm³/mol. The molecule has 1 aromatic carbocycles. The molecule has 3 nitrogen and oxygen atoms in total. The zero-order valence-corrected chi connectivity index (χ0v) is 10.6. The molecule has 0 atom stereocenters. The van der Waals surface area contributed by atoms with Crippen molar-refractivity contribution < 1.29 is 8.42 Å². The van der Waals surface area contributed by atoms with E-state index in [1.54, 1.807) is 6.20 Å². The van der Waals surface area contributed by atoms with E-state index in [0.717, 1.165) is 29.3 Å². The highest BCUT2D eigenvalue weighted by Crippen LogP contribution is 2.32. The van der Waals surface area contributed by atoms with Crippen molar-refractivity contribution in [2.45, 2.75) is 19.8 Å². The molecule has 3 rings (SSSR count). The predicted octanol–water partition coefficient (Wildman–Crippen LogP) is 2.54. The first-order valence-electron chi connectivity index (χ1n) is 5.88. The minimum atomic E-state index is -3.18. The number of nitrogens with zero attached hydrogens (tertiary/aromatic N) is 1. The van der Waals surface area contributed by atoms with Crippen molar-refractivity contribution in [3.05, 3.63) is 36.0 Å². The van der Waals surface area contributed by atoms with Crippen LogP contribution in [-0.2, 0) is 10.0 Å². The van der Waals surface area contributed by atoms with Crippen LogP contribution in [0.15, 0.2) is 30.5 Å². The van der Waals surface area contributed by atoms with E-state index in [4.69, 9.17) is 0 Å². The lowest BCUT2D eigenvalue weighted by Crippen LogP contribution is -2.16. The summed E-state index contributed by atoms with van der Waals surface area (Å²) in [7, 11) is -3.18. The Morgan fingerprint density at radius 3 is 2.76 bits per heavy atom. The van der Waals surface area contributed by atoms with Gasteiger partial charge in [-0.1, -0.05) is 12.1 Å². The number of aryl methyl sites for hydroxylation is 1. The van der Waals surface area contributed by atoms with Crippen LogP contribution in [0.5, 0.6) is 0 Å². The first-order valence-corrected chi connectivity index (χ1v) is 7.49. The summed E-state index contributed by atoms with van der Waals surface area (Å²) in [6.07, 6.45) is 3.78. The van der Waals surface area contributed by atoms with Gasteiger partial charge in [-0.3, -0.25) is 0 Å². The van der Waals surface area contributed by atoms with Crippen molar-refractivity contribution in [3.8, 4) is 0 Å². The Labute approximate surface area is 101 Å². The van der Waals surface area contributed by atoms with Gasteiger partial charge in [0.05, 0.1) is 11.3 Å². The molecule has 4 heteroatoms. The van der Waals surface area contributed by atoms with Crippen molar-refractivity contribution in [2.24, 2.45) is 5.92 Å². The van der Waals surface area contributed by atoms with Crippen LogP contribution in [0.25, 0.3) is 10.9 Å². The molecule has 1 aliphatic carbocycles. The fourth-order valence-electron chi connectivity index (χ4n) is 2.20. The van der Waals surface area contributed by atoms with Crippen LogP contribution < -0.4 is 0 Å². The molecule has 90 valence electrons. The molecule has 1 heterocycles. The lowest BCUT2D eigenvalue weighted by molar-refractivity contribution is 0.585. The third-order valence-electron chi connectivity index (χ3n) is 3.36. The summed E-state index contributed by atoms with van der Waals surface area (Å²) in [5.74, 6) is 0.660. The Kier molecular flexibility index (Phi) is 2.30.